The summed E-state index contributed by atoms with van der Waals surface area (Å²) in [5, 5.41) is 1.89. The Hall–Kier alpha value is -2.53. The molecule has 0 fully saturated rings. The lowest BCUT2D eigenvalue weighted by Gasteiger charge is -2.18. The third-order valence-corrected chi connectivity index (χ3v) is 6.90. The van der Waals surface area contributed by atoms with Crippen LogP contribution in [-0.2, 0) is 12.8 Å². The highest BCUT2D eigenvalue weighted by Crippen LogP contribution is 2.34. The van der Waals surface area contributed by atoms with E-state index in [1.807, 2.05) is 34.9 Å². The van der Waals surface area contributed by atoms with E-state index in [2.05, 4.69) is 35.1 Å². The molecular weight excluding hydrogens is 366 g/mol. The van der Waals surface area contributed by atoms with Gasteiger partial charge in [-0.25, -0.2) is 4.98 Å². The van der Waals surface area contributed by atoms with Gasteiger partial charge in [0.25, 0.3) is 0 Å². The number of rotatable bonds is 4. The summed E-state index contributed by atoms with van der Waals surface area (Å²) >= 11 is 1.54. The minimum Gasteiger partial charge on any atom is -0.333 e. The molecule has 4 nitrogen and oxygen atoms in total. The number of fused-ring (bicyclic) bond motifs is 4. The van der Waals surface area contributed by atoms with Crippen LogP contribution in [0.1, 0.15) is 42.2 Å². The zero-order valence-electron chi connectivity index (χ0n) is 15.9. The Morgan fingerprint density at radius 1 is 1.14 bits per heavy atom. The quantitative estimate of drug-likeness (QED) is 0.462. The third-order valence-electron chi connectivity index (χ3n) is 5.67. The number of carbonyl (C=O) groups is 1. The van der Waals surface area contributed by atoms with E-state index in [9.17, 15) is 4.79 Å². The largest absolute Gasteiger partial charge is 0.333 e. The van der Waals surface area contributed by atoms with Gasteiger partial charge in [-0.05, 0) is 55.9 Å². The van der Waals surface area contributed by atoms with Gasteiger partial charge < -0.3 is 4.98 Å². The van der Waals surface area contributed by atoms with E-state index in [1.54, 1.807) is 11.8 Å². The second-order valence-electron chi connectivity index (χ2n) is 7.40. The van der Waals surface area contributed by atoms with Gasteiger partial charge in [-0.1, -0.05) is 49.0 Å². The molecule has 4 aromatic rings. The summed E-state index contributed by atoms with van der Waals surface area (Å²) in [7, 11) is 0. The number of nitrogens with one attached hydrogen (secondary N) is 1. The fourth-order valence-corrected chi connectivity index (χ4v) is 5.28. The van der Waals surface area contributed by atoms with Crippen LogP contribution in [0.5, 0.6) is 0 Å². The molecule has 2 aromatic carbocycles. The number of aryl methyl sites for hydroxylation is 1. The van der Waals surface area contributed by atoms with Crippen LogP contribution in [0.15, 0.2) is 53.7 Å². The molecule has 0 aliphatic heterocycles. The maximum absolute atomic E-state index is 13.6. The second-order valence-corrected chi connectivity index (χ2v) is 8.59. The first-order chi connectivity index (χ1) is 13.8. The number of hydrogen-bond acceptors (Lipinski definition) is 3. The predicted octanol–water partition coefficient (Wildman–Crippen LogP) is 5.61. The Morgan fingerprint density at radius 3 is 2.79 bits per heavy atom. The molecule has 0 amide bonds. The first-order valence-corrected chi connectivity index (χ1v) is 10.9. The molecule has 2 heterocycles. The molecule has 1 N–H and O–H groups in total. The molecule has 1 aliphatic rings. The SMILES string of the molecule is CCC(Sc1nc2ccccc2[nH]1)C(=O)n1c2c(c3ccccc31)CCCC2. The van der Waals surface area contributed by atoms with Crippen molar-refractivity contribution >= 4 is 39.6 Å². The van der Waals surface area contributed by atoms with E-state index in [0.717, 1.165) is 47.4 Å². The first-order valence-electron chi connectivity index (χ1n) is 10.0. The smallest absolute Gasteiger partial charge is 0.244 e. The van der Waals surface area contributed by atoms with Gasteiger partial charge in [0.1, 0.15) is 0 Å². The average molecular weight is 390 g/mol. The minimum atomic E-state index is -0.164. The number of carbonyl (C=O) groups excluding carboxylic acids is 1. The molecule has 5 heteroatoms. The van der Waals surface area contributed by atoms with Gasteiger partial charge in [-0.3, -0.25) is 9.36 Å². The molecule has 0 spiro atoms. The van der Waals surface area contributed by atoms with Gasteiger partial charge in [0.15, 0.2) is 5.16 Å². The fraction of sp³-hybridized carbons (Fsp3) is 0.304. The lowest BCUT2D eigenvalue weighted by atomic mass is 9.95. The second kappa shape index (κ2) is 7.13. The third kappa shape index (κ3) is 2.85. The van der Waals surface area contributed by atoms with E-state index in [4.69, 9.17) is 0 Å². The zero-order chi connectivity index (χ0) is 19.1. The Labute approximate surface area is 168 Å². The molecule has 0 radical (unpaired) electrons. The summed E-state index contributed by atoms with van der Waals surface area (Å²) in [4.78, 5) is 21.7. The molecule has 1 atom stereocenters. The number of aromatic amines is 1. The summed E-state index contributed by atoms with van der Waals surface area (Å²) < 4.78 is 2.01. The van der Waals surface area contributed by atoms with E-state index in [1.165, 1.54) is 23.1 Å². The molecular formula is C23H23N3OS. The minimum absolute atomic E-state index is 0.164. The fourth-order valence-electron chi connectivity index (χ4n) is 4.32. The summed E-state index contributed by atoms with van der Waals surface area (Å²) in [6.07, 6.45) is 5.19. The number of nitrogens with zero attached hydrogens (tertiary/aromatic N) is 2. The molecule has 142 valence electrons. The van der Waals surface area contributed by atoms with Crippen LogP contribution in [0.4, 0.5) is 0 Å². The highest BCUT2D eigenvalue weighted by atomic mass is 32.2. The maximum atomic E-state index is 13.6. The summed E-state index contributed by atoms with van der Waals surface area (Å²) in [6, 6.07) is 16.4. The number of H-pyrrole nitrogens is 1. The Balaban J connectivity index is 1.54. The van der Waals surface area contributed by atoms with Crippen molar-refractivity contribution in [2.45, 2.75) is 49.4 Å². The summed E-state index contributed by atoms with van der Waals surface area (Å²) in [5.41, 5.74) is 5.61. The average Bonchev–Trinajstić information content (AvgIpc) is 3.30. The van der Waals surface area contributed by atoms with Crippen molar-refractivity contribution in [2.75, 3.05) is 0 Å². The van der Waals surface area contributed by atoms with Gasteiger partial charge >= 0.3 is 0 Å². The predicted molar refractivity (Wildman–Crippen MR) is 115 cm³/mol. The van der Waals surface area contributed by atoms with Crippen molar-refractivity contribution in [3.63, 3.8) is 0 Å². The van der Waals surface area contributed by atoms with Crippen LogP contribution in [-0.4, -0.2) is 25.7 Å². The lowest BCUT2D eigenvalue weighted by molar-refractivity contribution is 0.0910. The standard InChI is InChI=1S/C23H23N3OS/c1-2-21(28-23-24-17-11-5-6-12-18(17)25-23)22(27)26-19-13-7-3-9-15(19)16-10-4-8-14-20(16)26/h3,5-7,9,11-13,21H,2,4,8,10,14H2,1H3,(H,24,25). The Bertz CT molecular complexity index is 1140. The molecule has 5 rings (SSSR count). The van der Waals surface area contributed by atoms with Gasteiger partial charge in [0.2, 0.25) is 5.91 Å². The number of para-hydroxylation sites is 3. The highest BCUT2D eigenvalue weighted by Gasteiger charge is 2.28. The van der Waals surface area contributed by atoms with E-state index < -0.39 is 0 Å². The number of benzene rings is 2. The van der Waals surface area contributed by atoms with Crippen LogP contribution >= 0.6 is 11.8 Å². The molecule has 0 saturated heterocycles. The van der Waals surface area contributed by atoms with Gasteiger partial charge in [-0.15, -0.1) is 0 Å². The van der Waals surface area contributed by atoms with Crippen molar-refractivity contribution < 1.29 is 4.79 Å². The van der Waals surface area contributed by atoms with Crippen LogP contribution in [0, 0.1) is 0 Å². The molecule has 0 bridgehead atoms. The van der Waals surface area contributed by atoms with E-state index in [0.29, 0.717) is 0 Å². The maximum Gasteiger partial charge on any atom is 0.244 e. The van der Waals surface area contributed by atoms with Crippen molar-refractivity contribution in [1.82, 2.24) is 14.5 Å². The van der Waals surface area contributed by atoms with Crippen molar-refractivity contribution in [3.8, 4) is 0 Å². The number of thioether (sulfide) groups is 1. The monoisotopic (exact) mass is 389 g/mol. The number of imidazole rings is 1. The van der Waals surface area contributed by atoms with Gasteiger partial charge in [-0.2, -0.15) is 0 Å². The lowest BCUT2D eigenvalue weighted by Crippen LogP contribution is -2.26. The van der Waals surface area contributed by atoms with Gasteiger partial charge in [0.05, 0.1) is 21.8 Å². The van der Waals surface area contributed by atoms with Crippen LogP contribution in [0.3, 0.4) is 0 Å². The molecule has 1 aliphatic carbocycles. The molecule has 1 unspecified atom stereocenters. The van der Waals surface area contributed by atoms with Crippen LogP contribution < -0.4 is 0 Å². The Kier molecular flexibility index (Phi) is 4.47. The summed E-state index contributed by atoms with van der Waals surface area (Å²) in [6.45, 7) is 2.08. The normalized spacial score (nSPS) is 15.0. The van der Waals surface area contributed by atoms with Crippen LogP contribution in [0.2, 0.25) is 0 Å². The van der Waals surface area contributed by atoms with Crippen molar-refractivity contribution in [3.05, 3.63) is 59.8 Å². The number of hydrogen-bond donors (Lipinski definition) is 1. The molecule has 2 aromatic heterocycles. The number of aromatic nitrogens is 3. The van der Waals surface area contributed by atoms with Crippen molar-refractivity contribution in [1.29, 1.82) is 0 Å². The topological polar surface area (TPSA) is 50.7 Å². The Morgan fingerprint density at radius 2 is 1.93 bits per heavy atom. The van der Waals surface area contributed by atoms with Crippen LogP contribution in [0.25, 0.3) is 21.9 Å². The van der Waals surface area contributed by atoms with E-state index >= 15 is 0 Å². The summed E-state index contributed by atoms with van der Waals surface area (Å²) in [5.74, 6) is 0.173. The van der Waals surface area contributed by atoms with Gasteiger partial charge in [0, 0.05) is 11.1 Å². The molecule has 0 saturated carbocycles. The molecule has 28 heavy (non-hydrogen) atoms. The zero-order valence-corrected chi connectivity index (χ0v) is 16.8. The highest BCUT2D eigenvalue weighted by molar-refractivity contribution is 8.00. The van der Waals surface area contributed by atoms with Crippen molar-refractivity contribution in [2.24, 2.45) is 0 Å². The van der Waals surface area contributed by atoms with E-state index in [-0.39, 0.29) is 11.2 Å². The first kappa shape index (κ1) is 17.6.